The van der Waals surface area contributed by atoms with Crippen LogP contribution in [0.1, 0.15) is 26.7 Å². The first-order valence-electron chi connectivity index (χ1n) is 5.17. The van der Waals surface area contributed by atoms with Gasteiger partial charge in [0.05, 0.1) is 6.61 Å². The molecule has 0 aromatic heterocycles. The highest BCUT2D eigenvalue weighted by molar-refractivity contribution is 4.71. The van der Waals surface area contributed by atoms with E-state index in [9.17, 15) is 0 Å². The van der Waals surface area contributed by atoms with Crippen LogP contribution >= 0.6 is 0 Å². The monoisotopic (exact) mass is 188 g/mol. The zero-order valence-corrected chi connectivity index (χ0v) is 8.62. The number of hydrogen-bond donors (Lipinski definition) is 0. The van der Waals surface area contributed by atoms with Crippen molar-refractivity contribution in [3.8, 4) is 0 Å². The Morgan fingerprint density at radius 2 is 1.77 bits per heavy atom. The molecule has 0 N–H and O–H groups in total. The number of ether oxygens (including phenoxy) is 3. The van der Waals surface area contributed by atoms with Gasteiger partial charge in [0, 0.05) is 19.8 Å². The molecule has 0 atom stereocenters. The van der Waals surface area contributed by atoms with Crippen molar-refractivity contribution in [2.45, 2.75) is 33.0 Å². The molecule has 0 aromatic carbocycles. The van der Waals surface area contributed by atoms with E-state index >= 15 is 0 Å². The lowest BCUT2D eigenvalue weighted by Crippen LogP contribution is -2.24. The van der Waals surface area contributed by atoms with E-state index in [1.54, 1.807) is 0 Å². The van der Waals surface area contributed by atoms with Gasteiger partial charge >= 0.3 is 0 Å². The molecule has 0 bridgehead atoms. The summed E-state index contributed by atoms with van der Waals surface area (Å²) < 4.78 is 16.1. The zero-order chi connectivity index (χ0) is 9.52. The standard InChI is InChI=1S/C10H20O3/c1-3-12-10(13-4-2)8-11-7-9-5-6-9/h9-10H,3-8H2,1-2H3. The molecule has 0 amide bonds. The van der Waals surface area contributed by atoms with Crippen LogP contribution in [0.4, 0.5) is 0 Å². The molecule has 1 fully saturated rings. The van der Waals surface area contributed by atoms with Crippen LogP contribution in [0.3, 0.4) is 0 Å². The molecule has 78 valence electrons. The second-order valence-electron chi connectivity index (χ2n) is 3.32. The van der Waals surface area contributed by atoms with Crippen LogP contribution in [0.15, 0.2) is 0 Å². The summed E-state index contributed by atoms with van der Waals surface area (Å²) in [5.41, 5.74) is 0. The topological polar surface area (TPSA) is 27.7 Å². The van der Waals surface area contributed by atoms with Crippen LogP contribution in [-0.2, 0) is 14.2 Å². The van der Waals surface area contributed by atoms with Crippen LogP contribution < -0.4 is 0 Å². The van der Waals surface area contributed by atoms with E-state index in [0.29, 0.717) is 19.8 Å². The SMILES string of the molecule is CCOC(COCC1CC1)OCC. The summed E-state index contributed by atoms with van der Waals surface area (Å²) in [4.78, 5) is 0. The Kier molecular flexibility index (Phi) is 5.35. The van der Waals surface area contributed by atoms with Gasteiger partial charge in [-0.3, -0.25) is 0 Å². The Hall–Kier alpha value is -0.120. The molecule has 0 radical (unpaired) electrons. The van der Waals surface area contributed by atoms with E-state index in [1.807, 2.05) is 13.8 Å². The lowest BCUT2D eigenvalue weighted by molar-refractivity contribution is -0.167. The number of hydrogen-bond acceptors (Lipinski definition) is 3. The predicted octanol–water partition coefficient (Wildman–Crippen LogP) is 1.81. The Morgan fingerprint density at radius 1 is 1.15 bits per heavy atom. The van der Waals surface area contributed by atoms with Gasteiger partial charge in [-0.25, -0.2) is 0 Å². The van der Waals surface area contributed by atoms with E-state index < -0.39 is 0 Å². The molecule has 0 heterocycles. The Morgan fingerprint density at radius 3 is 2.23 bits per heavy atom. The summed E-state index contributed by atoms with van der Waals surface area (Å²) in [6.07, 6.45) is 2.48. The Bertz CT molecular complexity index is 117. The minimum absolute atomic E-state index is 0.172. The minimum atomic E-state index is -0.172. The van der Waals surface area contributed by atoms with Crippen LogP contribution in [-0.4, -0.2) is 32.7 Å². The molecule has 13 heavy (non-hydrogen) atoms. The average Bonchev–Trinajstić information content (AvgIpc) is 2.89. The van der Waals surface area contributed by atoms with Gasteiger partial charge in [-0.05, 0) is 32.6 Å². The molecule has 1 rings (SSSR count). The molecular formula is C10H20O3. The van der Waals surface area contributed by atoms with Gasteiger partial charge in [0.15, 0.2) is 6.29 Å². The average molecular weight is 188 g/mol. The fourth-order valence-electron chi connectivity index (χ4n) is 1.13. The van der Waals surface area contributed by atoms with Gasteiger partial charge in [0.25, 0.3) is 0 Å². The molecule has 0 spiro atoms. The highest BCUT2D eigenvalue weighted by Crippen LogP contribution is 2.28. The maximum absolute atomic E-state index is 5.47. The molecule has 0 unspecified atom stereocenters. The van der Waals surface area contributed by atoms with Gasteiger partial charge in [-0.1, -0.05) is 0 Å². The molecule has 0 saturated heterocycles. The molecule has 1 aliphatic rings. The van der Waals surface area contributed by atoms with E-state index in [0.717, 1.165) is 12.5 Å². The summed E-state index contributed by atoms with van der Waals surface area (Å²) >= 11 is 0. The molecule has 3 nitrogen and oxygen atoms in total. The molecular weight excluding hydrogens is 168 g/mol. The molecule has 3 heteroatoms. The van der Waals surface area contributed by atoms with Crippen molar-refractivity contribution >= 4 is 0 Å². The first-order valence-corrected chi connectivity index (χ1v) is 5.17. The third kappa shape index (κ3) is 5.24. The summed E-state index contributed by atoms with van der Waals surface area (Å²) in [5.74, 6) is 0.809. The third-order valence-corrected chi connectivity index (χ3v) is 2.01. The maximum Gasteiger partial charge on any atom is 0.180 e. The lowest BCUT2D eigenvalue weighted by atomic mass is 10.5. The minimum Gasteiger partial charge on any atom is -0.376 e. The largest absolute Gasteiger partial charge is 0.376 e. The summed E-state index contributed by atoms with van der Waals surface area (Å²) in [6.45, 7) is 6.73. The molecule has 1 aliphatic carbocycles. The van der Waals surface area contributed by atoms with Crippen LogP contribution in [0.5, 0.6) is 0 Å². The summed E-state index contributed by atoms with van der Waals surface area (Å²) in [5, 5.41) is 0. The van der Waals surface area contributed by atoms with E-state index in [4.69, 9.17) is 14.2 Å². The molecule has 0 aliphatic heterocycles. The quantitative estimate of drug-likeness (QED) is 0.544. The first-order chi connectivity index (χ1) is 6.36. The van der Waals surface area contributed by atoms with Crippen LogP contribution in [0.2, 0.25) is 0 Å². The van der Waals surface area contributed by atoms with Crippen molar-refractivity contribution in [1.82, 2.24) is 0 Å². The molecule has 0 aromatic rings. The van der Waals surface area contributed by atoms with Crippen molar-refractivity contribution in [3.63, 3.8) is 0 Å². The smallest absolute Gasteiger partial charge is 0.180 e. The van der Waals surface area contributed by atoms with E-state index in [2.05, 4.69) is 0 Å². The Labute approximate surface area is 80.4 Å². The van der Waals surface area contributed by atoms with E-state index in [1.165, 1.54) is 12.8 Å². The predicted molar refractivity (Wildman–Crippen MR) is 50.6 cm³/mol. The fraction of sp³-hybridized carbons (Fsp3) is 1.00. The van der Waals surface area contributed by atoms with Gasteiger partial charge < -0.3 is 14.2 Å². The van der Waals surface area contributed by atoms with Crippen LogP contribution in [0.25, 0.3) is 0 Å². The Balaban J connectivity index is 1.98. The maximum atomic E-state index is 5.47. The van der Waals surface area contributed by atoms with Crippen molar-refractivity contribution < 1.29 is 14.2 Å². The van der Waals surface area contributed by atoms with Gasteiger partial charge in [-0.2, -0.15) is 0 Å². The summed E-state index contributed by atoms with van der Waals surface area (Å²) in [7, 11) is 0. The fourth-order valence-corrected chi connectivity index (χ4v) is 1.13. The van der Waals surface area contributed by atoms with Crippen molar-refractivity contribution in [3.05, 3.63) is 0 Å². The highest BCUT2D eigenvalue weighted by atomic mass is 16.7. The van der Waals surface area contributed by atoms with Gasteiger partial charge in [0.2, 0.25) is 0 Å². The third-order valence-electron chi connectivity index (χ3n) is 2.01. The van der Waals surface area contributed by atoms with Crippen molar-refractivity contribution in [2.75, 3.05) is 26.4 Å². The number of rotatable bonds is 8. The van der Waals surface area contributed by atoms with Gasteiger partial charge in [-0.15, -0.1) is 0 Å². The summed E-state index contributed by atoms with van der Waals surface area (Å²) in [6, 6.07) is 0. The lowest BCUT2D eigenvalue weighted by Gasteiger charge is -2.16. The van der Waals surface area contributed by atoms with Gasteiger partial charge in [0.1, 0.15) is 0 Å². The zero-order valence-electron chi connectivity index (χ0n) is 8.62. The van der Waals surface area contributed by atoms with E-state index in [-0.39, 0.29) is 6.29 Å². The van der Waals surface area contributed by atoms with Crippen molar-refractivity contribution in [1.29, 1.82) is 0 Å². The second-order valence-corrected chi connectivity index (χ2v) is 3.32. The van der Waals surface area contributed by atoms with Crippen molar-refractivity contribution in [2.24, 2.45) is 5.92 Å². The van der Waals surface area contributed by atoms with Crippen LogP contribution in [0, 0.1) is 5.92 Å². The first kappa shape index (κ1) is 11.0. The second kappa shape index (κ2) is 6.35. The normalized spacial score (nSPS) is 16.8. The molecule has 1 saturated carbocycles. The highest BCUT2D eigenvalue weighted by Gasteiger charge is 2.21.